The molecule has 1 saturated carbocycles. The summed E-state index contributed by atoms with van der Waals surface area (Å²) in [5.74, 6) is -0.0841. The van der Waals surface area contributed by atoms with Crippen LogP contribution >= 0.6 is 0 Å². The van der Waals surface area contributed by atoms with Crippen molar-refractivity contribution in [3.63, 3.8) is 0 Å². The highest BCUT2D eigenvalue weighted by Gasteiger charge is 2.29. The molecule has 3 rings (SSSR count). The molecule has 1 aromatic carbocycles. The van der Waals surface area contributed by atoms with E-state index in [9.17, 15) is 9.59 Å². The molecule has 2 atom stereocenters. The minimum atomic E-state index is -0.582. The van der Waals surface area contributed by atoms with Gasteiger partial charge in [-0.05, 0) is 30.9 Å². The predicted molar refractivity (Wildman–Crippen MR) is 95.1 cm³/mol. The molecule has 0 bridgehead atoms. The molecule has 2 unspecified atom stereocenters. The summed E-state index contributed by atoms with van der Waals surface area (Å²) in [5, 5.41) is 13.8. The fraction of sp³-hybridized carbons (Fsp3) is 0.556. The Morgan fingerprint density at radius 2 is 2.00 bits per heavy atom. The quantitative estimate of drug-likeness (QED) is 0.873. The van der Waals surface area contributed by atoms with Gasteiger partial charge in [0.1, 0.15) is 11.6 Å². The van der Waals surface area contributed by atoms with Crippen molar-refractivity contribution in [2.75, 3.05) is 0 Å². The van der Waals surface area contributed by atoms with Crippen LogP contribution in [0.1, 0.15) is 46.0 Å². The van der Waals surface area contributed by atoms with Gasteiger partial charge in [-0.2, -0.15) is 4.68 Å². The maximum Gasteiger partial charge on any atom is 0.344 e. The lowest BCUT2D eigenvalue weighted by Crippen LogP contribution is -2.53. The molecule has 1 fully saturated rings. The van der Waals surface area contributed by atoms with E-state index >= 15 is 0 Å². The molecule has 1 aliphatic rings. The third-order valence-electron chi connectivity index (χ3n) is 5.02. The highest BCUT2D eigenvalue weighted by atomic mass is 16.2. The summed E-state index contributed by atoms with van der Waals surface area (Å²) in [6, 6.07) is 6.46. The van der Waals surface area contributed by atoms with E-state index in [4.69, 9.17) is 0 Å². The fourth-order valence-electron chi connectivity index (χ4n) is 3.28. The van der Waals surface area contributed by atoms with Crippen molar-refractivity contribution in [3.05, 3.63) is 24.3 Å². The van der Waals surface area contributed by atoms with E-state index < -0.39 is 12.1 Å². The van der Waals surface area contributed by atoms with Gasteiger partial charge in [-0.3, -0.25) is 4.79 Å². The van der Waals surface area contributed by atoms with E-state index in [1.54, 1.807) is 12.1 Å². The molecular weight excluding hydrogens is 318 g/mol. The molecule has 1 aromatic heterocycles. The van der Waals surface area contributed by atoms with Crippen LogP contribution in [-0.4, -0.2) is 39.0 Å². The number of fused-ring (bicyclic) bond motifs is 1. The summed E-state index contributed by atoms with van der Waals surface area (Å²) >= 11 is 0. The topological polar surface area (TPSA) is 88.9 Å². The van der Waals surface area contributed by atoms with Crippen LogP contribution < -0.4 is 10.6 Å². The smallest absolute Gasteiger partial charge is 0.344 e. The second-order valence-corrected chi connectivity index (χ2v) is 6.79. The SMILES string of the molecule is CCC(C)C(NC(=O)n1nnc2ccccc21)C(=O)NC1CCCC1. The number of aromatic nitrogens is 3. The van der Waals surface area contributed by atoms with Crippen molar-refractivity contribution in [3.8, 4) is 0 Å². The molecule has 7 heteroatoms. The summed E-state index contributed by atoms with van der Waals surface area (Å²) in [5.41, 5.74) is 1.27. The van der Waals surface area contributed by atoms with Crippen LogP contribution in [0.15, 0.2) is 24.3 Å². The van der Waals surface area contributed by atoms with Gasteiger partial charge in [0.2, 0.25) is 5.91 Å². The highest BCUT2D eigenvalue weighted by Crippen LogP contribution is 2.19. The molecule has 0 saturated heterocycles. The van der Waals surface area contributed by atoms with Crippen molar-refractivity contribution in [1.29, 1.82) is 0 Å². The maximum atomic E-state index is 12.7. The van der Waals surface area contributed by atoms with Crippen LogP contribution in [0, 0.1) is 5.92 Å². The number of para-hydroxylation sites is 1. The summed E-state index contributed by atoms with van der Waals surface area (Å²) in [6.45, 7) is 3.98. The number of benzene rings is 1. The minimum absolute atomic E-state index is 0.0279. The molecule has 0 spiro atoms. The van der Waals surface area contributed by atoms with Gasteiger partial charge in [-0.25, -0.2) is 4.79 Å². The first kappa shape index (κ1) is 17.4. The monoisotopic (exact) mass is 343 g/mol. The minimum Gasteiger partial charge on any atom is -0.352 e. The molecule has 2 amide bonds. The number of rotatable bonds is 5. The lowest BCUT2D eigenvalue weighted by molar-refractivity contribution is -0.124. The molecule has 2 N–H and O–H groups in total. The largest absolute Gasteiger partial charge is 0.352 e. The summed E-state index contributed by atoms with van der Waals surface area (Å²) in [7, 11) is 0. The lowest BCUT2D eigenvalue weighted by atomic mass is 9.98. The number of hydrogen-bond donors (Lipinski definition) is 2. The summed E-state index contributed by atoms with van der Waals surface area (Å²) < 4.78 is 1.22. The van der Waals surface area contributed by atoms with Gasteiger partial charge in [-0.15, -0.1) is 5.10 Å². The van der Waals surface area contributed by atoms with E-state index in [1.165, 1.54) is 4.68 Å². The van der Waals surface area contributed by atoms with Crippen LogP contribution in [0.3, 0.4) is 0 Å². The Kier molecular flexibility index (Phi) is 5.31. The van der Waals surface area contributed by atoms with Crippen molar-refractivity contribution >= 4 is 23.0 Å². The zero-order chi connectivity index (χ0) is 17.8. The van der Waals surface area contributed by atoms with E-state index in [0.29, 0.717) is 11.0 Å². The molecule has 134 valence electrons. The Hall–Kier alpha value is -2.44. The second-order valence-electron chi connectivity index (χ2n) is 6.79. The summed E-state index contributed by atoms with van der Waals surface area (Å²) in [6.07, 6.45) is 5.12. The molecular formula is C18H25N5O2. The van der Waals surface area contributed by atoms with Crippen LogP contribution in [0.5, 0.6) is 0 Å². The number of nitrogens with zero attached hydrogens (tertiary/aromatic N) is 3. The number of carbonyl (C=O) groups is 2. The Morgan fingerprint density at radius 3 is 2.72 bits per heavy atom. The molecule has 1 heterocycles. The van der Waals surface area contributed by atoms with Gasteiger partial charge in [0.25, 0.3) is 0 Å². The zero-order valence-electron chi connectivity index (χ0n) is 14.7. The van der Waals surface area contributed by atoms with Crippen molar-refractivity contribution in [2.24, 2.45) is 5.92 Å². The van der Waals surface area contributed by atoms with E-state index in [0.717, 1.165) is 32.1 Å². The third-order valence-corrected chi connectivity index (χ3v) is 5.02. The fourth-order valence-corrected chi connectivity index (χ4v) is 3.28. The van der Waals surface area contributed by atoms with Crippen LogP contribution in [0.2, 0.25) is 0 Å². The second kappa shape index (κ2) is 7.63. The first-order valence-electron chi connectivity index (χ1n) is 9.01. The van der Waals surface area contributed by atoms with Gasteiger partial charge >= 0.3 is 6.03 Å². The highest BCUT2D eigenvalue weighted by molar-refractivity contribution is 5.91. The Balaban J connectivity index is 1.75. The van der Waals surface area contributed by atoms with Crippen LogP contribution in [0.25, 0.3) is 11.0 Å². The van der Waals surface area contributed by atoms with E-state index in [-0.39, 0.29) is 17.9 Å². The first-order chi connectivity index (χ1) is 12.1. The van der Waals surface area contributed by atoms with Gasteiger partial charge in [0.05, 0.1) is 5.52 Å². The lowest BCUT2D eigenvalue weighted by Gasteiger charge is -2.25. The van der Waals surface area contributed by atoms with Crippen molar-refractivity contribution < 1.29 is 9.59 Å². The molecule has 2 aromatic rings. The average Bonchev–Trinajstić information content (AvgIpc) is 3.28. The molecule has 25 heavy (non-hydrogen) atoms. The molecule has 7 nitrogen and oxygen atoms in total. The zero-order valence-corrected chi connectivity index (χ0v) is 14.7. The number of hydrogen-bond acceptors (Lipinski definition) is 4. The first-order valence-corrected chi connectivity index (χ1v) is 9.01. The molecule has 1 aliphatic carbocycles. The summed E-state index contributed by atoms with van der Waals surface area (Å²) in [4.78, 5) is 25.4. The normalized spacial score (nSPS) is 17.4. The van der Waals surface area contributed by atoms with Gasteiger partial charge < -0.3 is 10.6 Å². The third kappa shape index (κ3) is 3.81. The van der Waals surface area contributed by atoms with Crippen molar-refractivity contribution in [1.82, 2.24) is 25.6 Å². The average molecular weight is 343 g/mol. The van der Waals surface area contributed by atoms with Gasteiger partial charge in [-0.1, -0.05) is 50.5 Å². The standard InChI is InChI=1S/C18H25N5O2/c1-3-12(2)16(17(24)19-13-8-4-5-9-13)20-18(25)23-15-11-7-6-10-14(15)21-22-23/h6-7,10-13,16H,3-5,8-9H2,1-2H3,(H,19,24)(H,20,25). The maximum absolute atomic E-state index is 12.7. The Morgan fingerprint density at radius 1 is 1.28 bits per heavy atom. The Labute approximate surface area is 147 Å². The van der Waals surface area contributed by atoms with Gasteiger partial charge in [0.15, 0.2) is 0 Å². The number of amides is 2. The van der Waals surface area contributed by atoms with Gasteiger partial charge in [0, 0.05) is 6.04 Å². The van der Waals surface area contributed by atoms with E-state index in [2.05, 4.69) is 20.9 Å². The van der Waals surface area contributed by atoms with Crippen molar-refractivity contribution in [2.45, 2.75) is 58.0 Å². The molecule has 0 radical (unpaired) electrons. The predicted octanol–water partition coefficient (Wildman–Crippen LogP) is 2.46. The molecule has 0 aliphatic heterocycles. The Bertz CT molecular complexity index is 751. The van der Waals surface area contributed by atoms with E-state index in [1.807, 2.05) is 26.0 Å². The number of carbonyl (C=O) groups excluding carboxylic acids is 2. The number of nitrogens with one attached hydrogen (secondary N) is 2. The van der Waals surface area contributed by atoms with Crippen LogP contribution in [-0.2, 0) is 4.79 Å². The van der Waals surface area contributed by atoms with Crippen LogP contribution in [0.4, 0.5) is 4.79 Å².